The van der Waals surface area contributed by atoms with Gasteiger partial charge in [-0.25, -0.2) is 0 Å². The van der Waals surface area contributed by atoms with E-state index in [9.17, 15) is 9.59 Å². The molecule has 0 fully saturated rings. The Bertz CT molecular complexity index is 3160. The van der Waals surface area contributed by atoms with E-state index in [0.29, 0.717) is 77.2 Å². The van der Waals surface area contributed by atoms with Crippen LogP contribution in [0.15, 0.2) is 157 Å². The fraction of sp³-hybridized carbons (Fsp3) is 0.721. The van der Waals surface area contributed by atoms with Crippen LogP contribution < -0.4 is 28.4 Å². The van der Waals surface area contributed by atoms with Gasteiger partial charge in [0.15, 0.2) is 0 Å². The van der Waals surface area contributed by atoms with Gasteiger partial charge in [-0.2, -0.15) is 0 Å². The molecule has 7 nitrogen and oxygen atoms in total. The number of amides is 2. The number of carbonyl (C=O) groups is 2. The average Bonchev–Trinajstić information content (AvgIpc) is 0.874. The fourth-order valence-corrected chi connectivity index (χ4v) is 22.9. The van der Waals surface area contributed by atoms with E-state index in [2.05, 4.69) is 253 Å². The van der Waals surface area contributed by atoms with Crippen LogP contribution >= 0.6 is 56.0 Å². The van der Waals surface area contributed by atoms with Crippen LogP contribution in [0.4, 0.5) is 0 Å². The van der Waals surface area contributed by atoms with Crippen molar-refractivity contribution in [2.45, 2.75) is 354 Å². The molecule has 0 heterocycles. The maximum Gasteiger partial charge on any atom is 0.236 e. The van der Waals surface area contributed by atoms with Crippen LogP contribution in [-0.4, -0.2) is 134 Å². The van der Waals surface area contributed by atoms with Gasteiger partial charge in [0.25, 0.3) is 0 Å². The number of unbranched alkanes of at least 4 members (excludes halogenated alkanes) is 30. The molecule has 0 aromatic heterocycles. The summed E-state index contributed by atoms with van der Waals surface area (Å²) in [6.45, 7) is 46.2. The van der Waals surface area contributed by atoms with Gasteiger partial charge in [-0.1, -0.05) is 303 Å². The molecular formula is C104H216Br3N5O2P3+. The molecule has 0 unspecified atom stereocenters. The monoisotopic (exact) mass is 1900 g/mol. The van der Waals surface area contributed by atoms with Crippen molar-refractivity contribution in [1.29, 1.82) is 0 Å². The molecule has 0 saturated carbocycles. The SMILES string of the molecule is Br.C=C=C=C=C=C=C=C=C[PH+](C=C=C=C=C=C=C=C=C)C(=C=C=C=C=C=C=C=C)CCCN(CC(=O)N(CC(C)C)CC(C)C)CC(=O)N(CC(C)C)CC(C)C.CCCCCCCCP(CCCCCCCC)CCCCCCCC.CCCCCCCC[P+](CCCN)(CCCCCCCC)CCCCCCCC.NCCCBr.[Br-].[HH].[HH].[HH].[HH].[HH].[HH].[HH].[HH].[HH].[HH].[HH].[HH].[HH].[HH].[HH].[HH].[HH].[HH].[HH].[HH].[HH]. The molecule has 117 heavy (non-hydrogen) atoms. The summed E-state index contributed by atoms with van der Waals surface area (Å²) in [6, 6.07) is 0. The van der Waals surface area contributed by atoms with Crippen LogP contribution in [-0.2, 0) is 9.59 Å². The van der Waals surface area contributed by atoms with Crippen LogP contribution in [0.1, 0.15) is 384 Å². The number of hydrogen-bond donors (Lipinski definition) is 2. The highest BCUT2D eigenvalue weighted by Gasteiger charge is 2.35. The maximum absolute atomic E-state index is 13.9. The summed E-state index contributed by atoms with van der Waals surface area (Å²) in [5, 5.41) is 1.91. The zero-order valence-corrected chi connectivity index (χ0v) is 85.4. The first kappa shape index (κ1) is 124. The number of carbonyl (C=O) groups excluding carboxylic acids is 2. The molecule has 0 aliphatic carbocycles. The third kappa shape index (κ3) is 91.2. The number of hydrogen-bond acceptors (Lipinski definition) is 5. The highest BCUT2D eigenvalue weighted by molar-refractivity contribution is 9.09. The van der Waals surface area contributed by atoms with Gasteiger partial charge in [-0.15, -0.1) is 24.9 Å². The van der Waals surface area contributed by atoms with Crippen LogP contribution in [0.5, 0.6) is 0 Å². The Hall–Kier alpha value is -3.85. The Labute approximate surface area is 787 Å². The summed E-state index contributed by atoms with van der Waals surface area (Å²) in [5.41, 5.74) is 67.9. The molecule has 0 rings (SSSR count). The molecular weight excluding hydrogens is 1680 g/mol. The van der Waals surface area contributed by atoms with Crippen molar-refractivity contribution in [2.75, 3.05) is 107 Å². The number of rotatable bonds is 66. The van der Waals surface area contributed by atoms with Crippen LogP contribution in [0.25, 0.3) is 0 Å². The Morgan fingerprint density at radius 1 is 0.393 bits per heavy atom. The number of alkyl halides is 1. The lowest BCUT2D eigenvalue weighted by Crippen LogP contribution is -3.00. The zero-order chi connectivity index (χ0) is 86.0. The van der Waals surface area contributed by atoms with Crippen molar-refractivity contribution in [3.8, 4) is 0 Å². The molecule has 0 saturated heterocycles. The number of nitrogens with two attached hydrogens (primary N) is 2. The lowest BCUT2D eigenvalue weighted by molar-refractivity contribution is -0.137. The predicted octanol–water partition coefficient (Wildman–Crippen LogP) is 32.1. The maximum atomic E-state index is 13.9. The molecule has 4 N–H and O–H groups in total. The summed E-state index contributed by atoms with van der Waals surface area (Å²) >= 11 is 3.23. The van der Waals surface area contributed by atoms with Crippen LogP contribution in [0.2, 0.25) is 0 Å². The van der Waals surface area contributed by atoms with Gasteiger partial charge in [-0.05, 0) is 262 Å². The molecule has 13 heteroatoms. The molecule has 0 spiro atoms. The predicted molar refractivity (Wildman–Crippen MR) is 574 cm³/mol. The van der Waals surface area contributed by atoms with Crippen molar-refractivity contribution in [3.05, 3.63) is 157 Å². The summed E-state index contributed by atoms with van der Waals surface area (Å²) in [7, 11) is -2.09. The molecule has 0 aromatic carbocycles. The van der Waals surface area contributed by atoms with Crippen LogP contribution in [0.3, 0.4) is 0 Å². The number of allylic oxidation sites excluding steroid dienone is 1. The lowest BCUT2D eigenvalue weighted by Gasteiger charge is -2.32. The van der Waals surface area contributed by atoms with Gasteiger partial charge in [0.2, 0.25) is 11.8 Å². The second-order valence-corrected chi connectivity index (χ2v) is 42.7. The molecule has 704 valence electrons. The topological polar surface area (TPSA) is 95.9 Å². The van der Waals surface area contributed by atoms with Gasteiger partial charge in [0.05, 0.1) is 37.7 Å². The van der Waals surface area contributed by atoms with Crippen molar-refractivity contribution in [2.24, 2.45) is 35.1 Å². The molecule has 2 amide bonds. The minimum Gasteiger partial charge on any atom is -1.00 e. The molecule has 0 aromatic rings. The number of halogens is 3. The van der Waals surface area contributed by atoms with Crippen molar-refractivity contribution in [1.82, 2.24) is 14.7 Å². The van der Waals surface area contributed by atoms with E-state index in [4.69, 9.17) is 11.5 Å². The fourth-order valence-electron chi connectivity index (χ4n) is 13.5. The van der Waals surface area contributed by atoms with E-state index in [0.717, 1.165) is 30.2 Å². The quantitative estimate of drug-likeness (QED) is 0.0274. The second-order valence-electron chi connectivity index (χ2n) is 32.7. The normalized spacial score (nSPS) is 10.2. The van der Waals surface area contributed by atoms with E-state index in [1.165, 1.54) is 244 Å². The molecule has 0 atom stereocenters. The first-order valence-electron chi connectivity index (χ1n) is 46.1. The highest BCUT2D eigenvalue weighted by atomic mass is 79.9. The third-order valence-electron chi connectivity index (χ3n) is 19.5. The van der Waals surface area contributed by atoms with Gasteiger partial charge in [0.1, 0.15) is 24.9 Å². The molecule has 0 bridgehead atoms. The average molecular weight is 1900 g/mol. The van der Waals surface area contributed by atoms with E-state index >= 15 is 0 Å². The van der Waals surface area contributed by atoms with Crippen molar-refractivity contribution >= 4 is 67.8 Å². The highest BCUT2D eigenvalue weighted by Crippen LogP contribution is 2.61. The number of nitrogens with zero attached hydrogens (tertiary/aromatic N) is 3. The van der Waals surface area contributed by atoms with E-state index in [-0.39, 0.29) is 88.8 Å². The molecule has 0 aliphatic heterocycles. The zero-order valence-electron chi connectivity index (χ0n) is 77.8. The summed E-state index contributed by atoms with van der Waals surface area (Å²) < 4.78 is 0. The summed E-state index contributed by atoms with van der Waals surface area (Å²) in [4.78, 5) is 33.5. The minimum absolute atomic E-state index is 0. The first-order valence-corrected chi connectivity index (χ1v) is 53.3. The largest absolute Gasteiger partial charge is 1.00 e. The Kier molecular flexibility index (Phi) is 105. The minimum atomic E-state index is -1.70. The van der Waals surface area contributed by atoms with Gasteiger partial charge >= 0.3 is 0 Å². The van der Waals surface area contributed by atoms with Crippen molar-refractivity contribution in [3.63, 3.8) is 0 Å². The van der Waals surface area contributed by atoms with Gasteiger partial charge in [-0.3, -0.25) is 14.5 Å². The Balaban J connectivity index is -0.0000000520. The van der Waals surface area contributed by atoms with E-state index in [1.807, 2.05) is 26.3 Å². The second kappa shape index (κ2) is 99.3. The van der Waals surface area contributed by atoms with E-state index < -0.39 is 15.2 Å². The smallest absolute Gasteiger partial charge is 0.236 e. The van der Waals surface area contributed by atoms with Gasteiger partial charge < -0.3 is 38.2 Å². The first-order chi connectivity index (χ1) is 55.8. The summed E-state index contributed by atoms with van der Waals surface area (Å²) in [5.74, 6) is 4.98. The molecule has 0 aliphatic rings. The standard InChI is InChI=1S/C50H54N3O2P.C27H59NP.C24H51P.C3H8BrN.2BrH.21H2/c1-12-15-18-21-24-27-30-36-56(37-31-28-25-22-19-16-13-2)48(33-29-26-23-20-17-14-3)34-32-35-51(42-49(54)52(38-44(4)5)39-45(6)7)43-50(55)53(40-46(8)9)41-47(10)11;1-4-7-10-13-16-19-24-29(27-22-23-28,25-20-17-14-11-8-5-2)26-21-18-15-12-9-6-3;1-4-7-10-13-16-19-22-25(23-20-17-14-11-8-5-2)24-21-18-15-12-9-6-3;4-2-1-3-5;;;;;;;;;;;;;;;;;;;;;;;/h36-37,44-47H,1-3,32,34-35,38-43H2,4-11H3;4-28H2,1-3H3;4-24H2,1-3H3;1-3,5H2;23*1H/q;+1;;;;;;;;;;;;;;;;;;;;;;;;;. The van der Waals surface area contributed by atoms with Crippen molar-refractivity contribution < 1.29 is 56.5 Å². The van der Waals surface area contributed by atoms with E-state index in [1.54, 1.807) is 37.0 Å². The summed E-state index contributed by atoms with van der Waals surface area (Å²) in [6.07, 6.45) is 67.2. The van der Waals surface area contributed by atoms with Gasteiger partial charge in [0, 0.05) is 75.2 Å². The Morgan fingerprint density at radius 3 is 0.949 bits per heavy atom. The molecule has 0 radical (unpaired) electrons. The Morgan fingerprint density at radius 2 is 0.667 bits per heavy atom. The third-order valence-corrected chi connectivity index (χ3v) is 29.9. The lowest BCUT2D eigenvalue weighted by atomic mass is 10.1. The van der Waals surface area contributed by atoms with Crippen LogP contribution in [0, 0.1) is 23.7 Å².